The molecule has 2 saturated heterocycles. The molecule has 2 heterocycles. The Morgan fingerprint density at radius 3 is 2.50 bits per heavy atom. The van der Waals surface area contributed by atoms with Crippen LogP contribution in [0.1, 0.15) is 48.8 Å². The van der Waals surface area contributed by atoms with Gasteiger partial charge in [0.05, 0.1) is 6.04 Å². The minimum Gasteiger partial charge on any atom is -0.309 e. The molecule has 2 N–H and O–H groups in total. The molecule has 3 atom stereocenters. The molecule has 2 fully saturated rings. The van der Waals surface area contributed by atoms with Gasteiger partial charge in [-0.2, -0.15) is 0 Å². The molecule has 2 aromatic rings. The van der Waals surface area contributed by atoms with Crippen molar-refractivity contribution in [2.75, 3.05) is 13.1 Å². The fraction of sp³-hybridized carbons (Fsp3) is 0.429. The predicted octanol–water partition coefficient (Wildman–Crippen LogP) is 4.62. The number of nitrogens with one attached hydrogen (secondary N) is 2. The minimum atomic E-state index is 0.219. The van der Waals surface area contributed by atoms with Crippen LogP contribution >= 0.6 is 22.6 Å². The first-order valence-corrected chi connectivity index (χ1v) is 10.1. The van der Waals surface area contributed by atoms with Crippen molar-refractivity contribution in [3.8, 4) is 0 Å². The van der Waals surface area contributed by atoms with Crippen molar-refractivity contribution in [1.29, 1.82) is 0 Å². The molecule has 0 radical (unpaired) electrons. The largest absolute Gasteiger partial charge is 0.309 e. The van der Waals surface area contributed by atoms with E-state index in [0.29, 0.717) is 12.0 Å². The number of rotatable bonds is 2. The lowest BCUT2D eigenvalue weighted by Crippen LogP contribution is -2.60. The predicted molar refractivity (Wildman–Crippen MR) is 108 cm³/mol. The highest BCUT2D eigenvalue weighted by molar-refractivity contribution is 14.1. The number of hydrogen-bond acceptors (Lipinski definition) is 2. The lowest BCUT2D eigenvalue weighted by atomic mass is 9.71. The van der Waals surface area contributed by atoms with E-state index in [-0.39, 0.29) is 5.54 Å². The van der Waals surface area contributed by atoms with E-state index in [1.165, 1.54) is 40.4 Å². The van der Waals surface area contributed by atoms with Crippen molar-refractivity contribution >= 4 is 22.6 Å². The summed E-state index contributed by atoms with van der Waals surface area (Å²) in [6.07, 6.45) is 5.06. The maximum atomic E-state index is 3.99. The van der Waals surface area contributed by atoms with Crippen LogP contribution in [-0.4, -0.2) is 18.6 Å². The Bertz CT molecular complexity index is 677. The summed E-state index contributed by atoms with van der Waals surface area (Å²) in [4.78, 5) is 0. The minimum absolute atomic E-state index is 0.219. The van der Waals surface area contributed by atoms with Crippen molar-refractivity contribution in [3.05, 3.63) is 69.3 Å². The fourth-order valence-corrected chi connectivity index (χ4v) is 5.38. The molecule has 0 amide bonds. The van der Waals surface area contributed by atoms with E-state index in [4.69, 9.17) is 0 Å². The molecule has 0 saturated carbocycles. The standard InChI is InChI=1S/C21H25IN2/c22-19-10-5-4-9-18(19)17-11-13-21(24-15-17)12-6-14-23-20(21)16-7-2-1-3-8-16/h1-5,7-10,17,20,23-24H,6,11-15H2. The summed E-state index contributed by atoms with van der Waals surface area (Å²) < 4.78 is 1.40. The molecule has 3 unspecified atom stereocenters. The van der Waals surface area contributed by atoms with E-state index in [1.54, 1.807) is 0 Å². The first kappa shape index (κ1) is 16.6. The first-order valence-electron chi connectivity index (χ1n) is 9.06. The second kappa shape index (κ2) is 7.14. The molecule has 4 rings (SSSR count). The Hall–Kier alpha value is -0.910. The lowest BCUT2D eigenvalue weighted by molar-refractivity contribution is 0.131. The third-order valence-electron chi connectivity index (χ3n) is 5.82. The average Bonchev–Trinajstić information content (AvgIpc) is 2.64. The van der Waals surface area contributed by atoms with Crippen molar-refractivity contribution < 1.29 is 0 Å². The molecule has 126 valence electrons. The van der Waals surface area contributed by atoms with Crippen LogP contribution in [0.5, 0.6) is 0 Å². The molecule has 2 aromatic carbocycles. The summed E-state index contributed by atoms with van der Waals surface area (Å²) >= 11 is 2.48. The number of halogens is 1. The molecular formula is C21H25IN2. The highest BCUT2D eigenvalue weighted by Gasteiger charge is 2.43. The topological polar surface area (TPSA) is 24.1 Å². The van der Waals surface area contributed by atoms with Crippen molar-refractivity contribution in [2.45, 2.75) is 43.2 Å². The first-order chi connectivity index (χ1) is 11.8. The van der Waals surface area contributed by atoms with Gasteiger partial charge in [-0.3, -0.25) is 0 Å². The maximum absolute atomic E-state index is 3.99. The zero-order valence-electron chi connectivity index (χ0n) is 14.0. The van der Waals surface area contributed by atoms with Gasteiger partial charge in [0.15, 0.2) is 0 Å². The van der Waals surface area contributed by atoms with Gasteiger partial charge in [-0.05, 0) is 77.9 Å². The molecule has 0 aliphatic carbocycles. The van der Waals surface area contributed by atoms with Gasteiger partial charge >= 0.3 is 0 Å². The van der Waals surface area contributed by atoms with E-state index in [1.807, 2.05) is 0 Å². The van der Waals surface area contributed by atoms with E-state index >= 15 is 0 Å². The van der Waals surface area contributed by atoms with E-state index in [0.717, 1.165) is 13.1 Å². The van der Waals surface area contributed by atoms with Crippen LogP contribution in [0.15, 0.2) is 54.6 Å². The molecule has 3 heteroatoms. The molecule has 2 aliphatic rings. The molecule has 2 nitrogen and oxygen atoms in total. The average molecular weight is 432 g/mol. The molecular weight excluding hydrogens is 407 g/mol. The summed E-state index contributed by atoms with van der Waals surface area (Å²) in [5.74, 6) is 0.641. The Labute approximate surface area is 158 Å². The molecule has 2 aliphatic heterocycles. The number of piperidine rings is 2. The summed E-state index contributed by atoms with van der Waals surface area (Å²) in [6, 6.07) is 20.3. The van der Waals surface area contributed by atoms with Gasteiger partial charge in [-0.15, -0.1) is 0 Å². The molecule has 0 bridgehead atoms. The lowest BCUT2D eigenvalue weighted by Gasteiger charge is -2.50. The summed E-state index contributed by atoms with van der Waals surface area (Å²) in [5.41, 5.74) is 3.16. The van der Waals surface area contributed by atoms with Crippen LogP contribution in [0.25, 0.3) is 0 Å². The Balaban J connectivity index is 1.55. The zero-order chi connectivity index (χ0) is 16.4. The number of hydrogen-bond donors (Lipinski definition) is 2. The SMILES string of the molecule is Ic1ccccc1C1CCC2(CCCNC2c2ccccc2)NC1. The summed E-state index contributed by atoms with van der Waals surface area (Å²) in [6.45, 7) is 2.22. The van der Waals surface area contributed by atoms with Gasteiger partial charge in [-0.1, -0.05) is 48.5 Å². The van der Waals surface area contributed by atoms with Gasteiger partial charge in [0.25, 0.3) is 0 Å². The van der Waals surface area contributed by atoms with Crippen LogP contribution < -0.4 is 10.6 Å². The number of benzene rings is 2. The van der Waals surface area contributed by atoms with Crippen LogP contribution in [0, 0.1) is 3.57 Å². The third-order valence-corrected chi connectivity index (χ3v) is 6.80. The van der Waals surface area contributed by atoms with E-state index in [9.17, 15) is 0 Å². The fourth-order valence-electron chi connectivity index (χ4n) is 4.55. The Kier molecular flexibility index (Phi) is 4.93. The highest BCUT2D eigenvalue weighted by atomic mass is 127. The summed E-state index contributed by atoms with van der Waals surface area (Å²) in [5, 5.41) is 7.79. The second-order valence-electron chi connectivity index (χ2n) is 7.20. The quantitative estimate of drug-likeness (QED) is 0.677. The van der Waals surface area contributed by atoms with Crippen molar-refractivity contribution in [2.24, 2.45) is 0 Å². The van der Waals surface area contributed by atoms with Gasteiger partial charge in [0, 0.05) is 15.7 Å². The highest BCUT2D eigenvalue weighted by Crippen LogP contribution is 2.42. The van der Waals surface area contributed by atoms with Crippen LogP contribution in [0.3, 0.4) is 0 Å². The van der Waals surface area contributed by atoms with Gasteiger partial charge in [-0.25, -0.2) is 0 Å². The Morgan fingerprint density at radius 1 is 0.958 bits per heavy atom. The molecule has 0 aromatic heterocycles. The van der Waals surface area contributed by atoms with Gasteiger partial charge in [0.2, 0.25) is 0 Å². The van der Waals surface area contributed by atoms with E-state index < -0.39 is 0 Å². The zero-order valence-corrected chi connectivity index (χ0v) is 16.1. The van der Waals surface area contributed by atoms with E-state index in [2.05, 4.69) is 87.8 Å². The van der Waals surface area contributed by atoms with Crippen molar-refractivity contribution in [1.82, 2.24) is 10.6 Å². The van der Waals surface area contributed by atoms with Crippen LogP contribution in [0.2, 0.25) is 0 Å². The third kappa shape index (κ3) is 3.14. The second-order valence-corrected chi connectivity index (χ2v) is 8.36. The van der Waals surface area contributed by atoms with Gasteiger partial charge in [0.1, 0.15) is 0 Å². The molecule has 24 heavy (non-hydrogen) atoms. The molecule has 1 spiro atoms. The Morgan fingerprint density at radius 2 is 1.75 bits per heavy atom. The maximum Gasteiger partial charge on any atom is 0.0505 e. The van der Waals surface area contributed by atoms with Crippen LogP contribution in [0.4, 0.5) is 0 Å². The summed E-state index contributed by atoms with van der Waals surface area (Å²) in [7, 11) is 0. The normalized spacial score (nSPS) is 30.4. The van der Waals surface area contributed by atoms with Crippen molar-refractivity contribution in [3.63, 3.8) is 0 Å². The monoisotopic (exact) mass is 432 g/mol. The van der Waals surface area contributed by atoms with Crippen LogP contribution in [-0.2, 0) is 0 Å². The smallest absolute Gasteiger partial charge is 0.0505 e. The van der Waals surface area contributed by atoms with Gasteiger partial charge < -0.3 is 10.6 Å².